The lowest BCUT2D eigenvalue weighted by Crippen LogP contribution is -2.44. The van der Waals surface area contributed by atoms with Gasteiger partial charge in [0.2, 0.25) is 11.8 Å². The predicted molar refractivity (Wildman–Crippen MR) is 99.3 cm³/mol. The standard InChI is InChI=1S/C18H15Cl2N3O3/c19-11-6-5-10(13(20)7-11)9-21-16(24)8-15-18(26)22-14-4-2-1-3-12(14)17(25)23-15/h1-7,15H,8-9H2,(H,21,24)(H,22,26)(H,23,25)/t15-/m0/s1. The molecule has 0 saturated carbocycles. The van der Waals surface area contributed by atoms with Crippen LogP contribution in [0.5, 0.6) is 0 Å². The number of fused-ring (bicyclic) bond motifs is 1. The molecule has 2 aromatic rings. The molecule has 8 heteroatoms. The Balaban J connectivity index is 1.62. The molecule has 0 bridgehead atoms. The largest absolute Gasteiger partial charge is 0.352 e. The minimum absolute atomic E-state index is 0.184. The Bertz CT molecular complexity index is 886. The van der Waals surface area contributed by atoms with Gasteiger partial charge in [-0.25, -0.2) is 0 Å². The van der Waals surface area contributed by atoms with Crippen LogP contribution in [0.2, 0.25) is 10.0 Å². The van der Waals surface area contributed by atoms with E-state index in [1.807, 2.05) is 0 Å². The highest BCUT2D eigenvalue weighted by atomic mass is 35.5. The van der Waals surface area contributed by atoms with Crippen molar-refractivity contribution in [2.24, 2.45) is 0 Å². The van der Waals surface area contributed by atoms with Gasteiger partial charge in [0.05, 0.1) is 17.7 Å². The third kappa shape index (κ3) is 4.15. The van der Waals surface area contributed by atoms with Crippen molar-refractivity contribution in [3.8, 4) is 0 Å². The molecule has 0 spiro atoms. The number of carbonyl (C=O) groups excluding carboxylic acids is 3. The quantitative estimate of drug-likeness (QED) is 0.748. The zero-order valence-corrected chi connectivity index (χ0v) is 15.0. The molecular weight excluding hydrogens is 377 g/mol. The van der Waals surface area contributed by atoms with Gasteiger partial charge in [0.1, 0.15) is 6.04 Å². The summed E-state index contributed by atoms with van der Waals surface area (Å²) in [7, 11) is 0. The highest BCUT2D eigenvalue weighted by Crippen LogP contribution is 2.21. The second-order valence-electron chi connectivity index (χ2n) is 5.78. The van der Waals surface area contributed by atoms with Gasteiger partial charge in [0.15, 0.2) is 0 Å². The van der Waals surface area contributed by atoms with Crippen LogP contribution >= 0.6 is 23.2 Å². The second kappa shape index (κ2) is 7.76. The van der Waals surface area contributed by atoms with E-state index in [1.165, 1.54) is 0 Å². The number of hydrogen-bond acceptors (Lipinski definition) is 3. The predicted octanol–water partition coefficient (Wildman–Crippen LogP) is 2.75. The molecule has 0 saturated heterocycles. The van der Waals surface area contributed by atoms with Crippen molar-refractivity contribution in [2.75, 3.05) is 5.32 Å². The molecule has 0 unspecified atom stereocenters. The maximum Gasteiger partial charge on any atom is 0.254 e. The van der Waals surface area contributed by atoms with Crippen LogP contribution in [0.4, 0.5) is 5.69 Å². The Morgan fingerprint density at radius 3 is 2.65 bits per heavy atom. The maximum absolute atomic E-state index is 12.3. The Kier molecular flexibility index (Phi) is 5.44. The van der Waals surface area contributed by atoms with Crippen molar-refractivity contribution in [2.45, 2.75) is 19.0 Å². The summed E-state index contributed by atoms with van der Waals surface area (Å²) in [6, 6.07) is 10.7. The van der Waals surface area contributed by atoms with E-state index < -0.39 is 17.9 Å². The zero-order valence-electron chi connectivity index (χ0n) is 13.5. The van der Waals surface area contributed by atoms with E-state index in [4.69, 9.17) is 23.2 Å². The highest BCUT2D eigenvalue weighted by molar-refractivity contribution is 6.35. The first kappa shape index (κ1) is 18.2. The number of benzene rings is 2. The molecule has 0 fully saturated rings. The summed E-state index contributed by atoms with van der Waals surface area (Å²) >= 11 is 11.9. The van der Waals surface area contributed by atoms with E-state index in [9.17, 15) is 14.4 Å². The van der Waals surface area contributed by atoms with Gasteiger partial charge in [-0.05, 0) is 29.8 Å². The van der Waals surface area contributed by atoms with Crippen molar-refractivity contribution in [3.63, 3.8) is 0 Å². The monoisotopic (exact) mass is 391 g/mol. The topological polar surface area (TPSA) is 87.3 Å². The first-order valence-electron chi connectivity index (χ1n) is 7.85. The van der Waals surface area contributed by atoms with E-state index in [1.54, 1.807) is 42.5 Å². The smallest absolute Gasteiger partial charge is 0.254 e. The normalized spacial score (nSPS) is 16.2. The number of rotatable bonds is 4. The molecule has 134 valence electrons. The third-order valence-corrected chi connectivity index (χ3v) is 4.52. The minimum atomic E-state index is -0.962. The van der Waals surface area contributed by atoms with Gasteiger partial charge in [-0.3, -0.25) is 14.4 Å². The SMILES string of the molecule is O=C(C[C@@H]1NC(=O)c2ccccc2NC1=O)NCc1ccc(Cl)cc1Cl. The number of nitrogens with one attached hydrogen (secondary N) is 3. The van der Waals surface area contributed by atoms with Crippen LogP contribution < -0.4 is 16.0 Å². The van der Waals surface area contributed by atoms with Gasteiger partial charge in [-0.2, -0.15) is 0 Å². The van der Waals surface area contributed by atoms with E-state index >= 15 is 0 Å². The Labute approximate surface area is 159 Å². The molecule has 3 amide bonds. The van der Waals surface area contributed by atoms with Gasteiger partial charge in [-0.15, -0.1) is 0 Å². The fourth-order valence-corrected chi connectivity index (χ4v) is 3.05. The third-order valence-electron chi connectivity index (χ3n) is 3.93. The number of para-hydroxylation sites is 1. The fourth-order valence-electron chi connectivity index (χ4n) is 2.57. The second-order valence-corrected chi connectivity index (χ2v) is 6.62. The van der Waals surface area contributed by atoms with Crippen LogP contribution in [0.3, 0.4) is 0 Å². The first-order chi connectivity index (χ1) is 12.4. The summed E-state index contributed by atoms with van der Waals surface area (Å²) in [4.78, 5) is 36.7. The molecule has 0 aliphatic carbocycles. The average molecular weight is 392 g/mol. The summed E-state index contributed by atoms with van der Waals surface area (Å²) in [5, 5.41) is 8.86. The van der Waals surface area contributed by atoms with E-state index in [0.717, 1.165) is 0 Å². The molecule has 2 aromatic carbocycles. The van der Waals surface area contributed by atoms with Gasteiger partial charge in [-0.1, -0.05) is 41.4 Å². The lowest BCUT2D eigenvalue weighted by Gasteiger charge is -2.14. The Hall–Kier alpha value is -2.57. The maximum atomic E-state index is 12.3. The summed E-state index contributed by atoms with van der Waals surface area (Å²) in [5.41, 5.74) is 1.48. The lowest BCUT2D eigenvalue weighted by atomic mass is 10.1. The number of hydrogen-bond donors (Lipinski definition) is 3. The molecule has 1 aliphatic rings. The summed E-state index contributed by atoms with van der Waals surface area (Å²) < 4.78 is 0. The molecule has 3 rings (SSSR count). The van der Waals surface area contributed by atoms with Gasteiger partial charge >= 0.3 is 0 Å². The van der Waals surface area contributed by atoms with Crippen molar-refractivity contribution < 1.29 is 14.4 Å². The number of anilines is 1. The van der Waals surface area contributed by atoms with Crippen LogP contribution in [0.15, 0.2) is 42.5 Å². The minimum Gasteiger partial charge on any atom is -0.352 e. The van der Waals surface area contributed by atoms with E-state index in [-0.39, 0.29) is 18.9 Å². The van der Waals surface area contributed by atoms with Crippen LogP contribution in [-0.2, 0) is 16.1 Å². The molecule has 0 radical (unpaired) electrons. The van der Waals surface area contributed by atoms with Gasteiger partial charge in [0.25, 0.3) is 5.91 Å². The molecule has 26 heavy (non-hydrogen) atoms. The van der Waals surface area contributed by atoms with Crippen molar-refractivity contribution in [1.29, 1.82) is 0 Å². The van der Waals surface area contributed by atoms with Crippen molar-refractivity contribution in [3.05, 3.63) is 63.6 Å². The average Bonchev–Trinajstić information content (AvgIpc) is 2.71. The Morgan fingerprint density at radius 2 is 1.88 bits per heavy atom. The zero-order chi connectivity index (χ0) is 18.7. The Morgan fingerprint density at radius 1 is 1.12 bits per heavy atom. The molecule has 3 N–H and O–H groups in total. The number of carbonyl (C=O) groups is 3. The van der Waals surface area contributed by atoms with Crippen LogP contribution in [0, 0.1) is 0 Å². The highest BCUT2D eigenvalue weighted by Gasteiger charge is 2.29. The molecule has 0 aromatic heterocycles. The molecule has 6 nitrogen and oxygen atoms in total. The lowest BCUT2D eigenvalue weighted by molar-refractivity contribution is -0.125. The molecule has 1 heterocycles. The van der Waals surface area contributed by atoms with Crippen molar-refractivity contribution in [1.82, 2.24) is 10.6 Å². The first-order valence-corrected chi connectivity index (χ1v) is 8.61. The summed E-state index contributed by atoms with van der Waals surface area (Å²) in [5.74, 6) is -1.23. The van der Waals surface area contributed by atoms with Gasteiger partial charge in [0, 0.05) is 16.6 Å². The fraction of sp³-hybridized carbons (Fsp3) is 0.167. The number of halogens is 2. The van der Waals surface area contributed by atoms with E-state index in [2.05, 4.69) is 16.0 Å². The molecule has 1 aliphatic heterocycles. The summed E-state index contributed by atoms with van der Waals surface area (Å²) in [6.07, 6.45) is -0.184. The van der Waals surface area contributed by atoms with Crippen molar-refractivity contribution >= 4 is 46.6 Å². The molecular formula is C18H15Cl2N3O3. The van der Waals surface area contributed by atoms with Crippen LogP contribution in [0.25, 0.3) is 0 Å². The van der Waals surface area contributed by atoms with Crippen LogP contribution in [-0.4, -0.2) is 23.8 Å². The van der Waals surface area contributed by atoms with Gasteiger partial charge < -0.3 is 16.0 Å². The summed E-state index contributed by atoms with van der Waals surface area (Å²) in [6.45, 7) is 0.192. The van der Waals surface area contributed by atoms with Crippen LogP contribution in [0.1, 0.15) is 22.3 Å². The van der Waals surface area contributed by atoms with E-state index in [0.29, 0.717) is 26.9 Å². The molecule has 1 atom stereocenters. The number of amides is 3.